The standard InChI is InChI=1S/C19H20N4O3/c1-3-26-17-12-8-7-11-15(17)20-19(24)18-16(13-25-2)23(22-21-18)14-9-5-4-6-10-14/h4-12H,3,13H2,1-2H3,(H,20,24). The van der Waals surface area contributed by atoms with E-state index in [9.17, 15) is 4.79 Å². The smallest absolute Gasteiger partial charge is 0.278 e. The Hall–Kier alpha value is -3.19. The third kappa shape index (κ3) is 3.73. The number of methoxy groups -OCH3 is 1. The van der Waals surface area contributed by atoms with Crippen molar-refractivity contribution in [1.29, 1.82) is 0 Å². The van der Waals surface area contributed by atoms with Gasteiger partial charge in [0.05, 0.1) is 24.6 Å². The van der Waals surface area contributed by atoms with E-state index in [1.54, 1.807) is 23.9 Å². The predicted octanol–water partition coefficient (Wildman–Crippen LogP) is 3.06. The highest BCUT2D eigenvalue weighted by Crippen LogP contribution is 2.24. The zero-order valence-corrected chi connectivity index (χ0v) is 14.7. The van der Waals surface area contributed by atoms with Crippen LogP contribution in [0.4, 0.5) is 5.69 Å². The van der Waals surface area contributed by atoms with Gasteiger partial charge in [-0.2, -0.15) is 0 Å². The zero-order valence-electron chi connectivity index (χ0n) is 14.7. The van der Waals surface area contributed by atoms with Gasteiger partial charge in [0.2, 0.25) is 0 Å². The van der Waals surface area contributed by atoms with Crippen LogP contribution >= 0.6 is 0 Å². The van der Waals surface area contributed by atoms with Gasteiger partial charge in [0.1, 0.15) is 11.4 Å². The molecule has 1 N–H and O–H groups in total. The van der Waals surface area contributed by atoms with E-state index in [0.717, 1.165) is 5.69 Å². The molecule has 3 aromatic rings. The molecular formula is C19H20N4O3. The average Bonchev–Trinajstić information content (AvgIpc) is 3.08. The van der Waals surface area contributed by atoms with Crippen molar-refractivity contribution in [3.63, 3.8) is 0 Å². The van der Waals surface area contributed by atoms with E-state index < -0.39 is 0 Å². The Morgan fingerprint density at radius 1 is 1.12 bits per heavy atom. The normalized spacial score (nSPS) is 10.5. The highest BCUT2D eigenvalue weighted by atomic mass is 16.5. The highest BCUT2D eigenvalue weighted by Gasteiger charge is 2.21. The molecule has 0 spiro atoms. The van der Waals surface area contributed by atoms with E-state index in [2.05, 4.69) is 15.6 Å². The van der Waals surface area contributed by atoms with Crippen molar-refractivity contribution in [3.05, 3.63) is 66.0 Å². The van der Waals surface area contributed by atoms with Crippen LogP contribution in [-0.2, 0) is 11.3 Å². The quantitative estimate of drug-likeness (QED) is 0.707. The first-order valence-electron chi connectivity index (χ1n) is 8.26. The molecule has 0 aliphatic rings. The molecule has 0 saturated heterocycles. The second-order valence-electron chi connectivity index (χ2n) is 5.45. The Kier molecular flexibility index (Phi) is 5.60. The Bertz CT molecular complexity index is 878. The van der Waals surface area contributed by atoms with Crippen LogP contribution in [0.15, 0.2) is 54.6 Å². The third-order valence-electron chi connectivity index (χ3n) is 3.70. The van der Waals surface area contributed by atoms with Crippen molar-refractivity contribution in [2.75, 3.05) is 19.0 Å². The number of rotatable bonds is 7. The summed E-state index contributed by atoms with van der Waals surface area (Å²) in [5.41, 5.74) is 2.17. The van der Waals surface area contributed by atoms with Crippen LogP contribution in [0.3, 0.4) is 0 Å². The van der Waals surface area contributed by atoms with Crippen molar-refractivity contribution >= 4 is 11.6 Å². The van der Waals surface area contributed by atoms with Gasteiger partial charge in [-0.25, -0.2) is 4.68 Å². The summed E-state index contributed by atoms with van der Waals surface area (Å²) >= 11 is 0. The second-order valence-corrected chi connectivity index (χ2v) is 5.45. The molecule has 0 atom stereocenters. The van der Waals surface area contributed by atoms with Crippen LogP contribution in [-0.4, -0.2) is 34.6 Å². The summed E-state index contributed by atoms with van der Waals surface area (Å²) in [6, 6.07) is 16.7. The number of hydrogen-bond donors (Lipinski definition) is 1. The SMILES string of the molecule is CCOc1ccccc1NC(=O)c1nnn(-c2ccccc2)c1COC. The molecule has 0 radical (unpaired) electrons. The Labute approximate surface area is 151 Å². The van der Waals surface area contributed by atoms with E-state index >= 15 is 0 Å². The van der Waals surface area contributed by atoms with Crippen LogP contribution in [0.25, 0.3) is 5.69 Å². The second kappa shape index (κ2) is 8.26. The number of ether oxygens (including phenoxy) is 2. The van der Waals surface area contributed by atoms with Crippen molar-refractivity contribution in [2.24, 2.45) is 0 Å². The van der Waals surface area contributed by atoms with Gasteiger partial charge >= 0.3 is 0 Å². The monoisotopic (exact) mass is 352 g/mol. The topological polar surface area (TPSA) is 78.3 Å². The van der Waals surface area contributed by atoms with E-state index in [1.165, 1.54) is 0 Å². The third-order valence-corrected chi connectivity index (χ3v) is 3.70. The fraction of sp³-hybridized carbons (Fsp3) is 0.211. The van der Waals surface area contributed by atoms with Gasteiger partial charge in [0.15, 0.2) is 5.69 Å². The maximum absolute atomic E-state index is 12.8. The molecular weight excluding hydrogens is 332 g/mol. The Morgan fingerprint density at radius 3 is 2.58 bits per heavy atom. The van der Waals surface area contributed by atoms with Gasteiger partial charge in [-0.3, -0.25) is 4.79 Å². The number of carbonyl (C=O) groups excluding carboxylic acids is 1. The number of nitrogens with zero attached hydrogens (tertiary/aromatic N) is 3. The Morgan fingerprint density at radius 2 is 1.85 bits per heavy atom. The number of hydrogen-bond acceptors (Lipinski definition) is 5. The predicted molar refractivity (Wildman–Crippen MR) is 97.6 cm³/mol. The van der Waals surface area contributed by atoms with Gasteiger partial charge in [-0.15, -0.1) is 5.10 Å². The minimum absolute atomic E-state index is 0.206. The molecule has 0 fully saturated rings. The zero-order chi connectivity index (χ0) is 18.4. The molecule has 134 valence electrons. The number of para-hydroxylation sites is 3. The van der Waals surface area contributed by atoms with Crippen LogP contribution in [0.5, 0.6) is 5.75 Å². The van der Waals surface area contributed by atoms with Gasteiger partial charge in [-0.05, 0) is 31.2 Å². The molecule has 0 aliphatic carbocycles. The number of benzene rings is 2. The number of carbonyl (C=O) groups is 1. The van der Waals surface area contributed by atoms with Crippen molar-refractivity contribution in [2.45, 2.75) is 13.5 Å². The van der Waals surface area contributed by atoms with E-state index in [0.29, 0.717) is 23.7 Å². The molecule has 1 amide bonds. The van der Waals surface area contributed by atoms with Gasteiger partial charge in [-0.1, -0.05) is 35.5 Å². The molecule has 3 rings (SSSR count). The summed E-state index contributed by atoms with van der Waals surface area (Å²) in [6.45, 7) is 2.60. The molecule has 2 aromatic carbocycles. The summed E-state index contributed by atoms with van der Waals surface area (Å²) in [5, 5.41) is 11.0. The molecule has 0 bridgehead atoms. The molecule has 7 nitrogen and oxygen atoms in total. The largest absolute Gasteiger partial charge is 0.492 e. The average molecular weight is 352 g/mol. The lowest BCUT2D eigenvalue weighted by Crippen LogP contribution is -2.16. The number of nitrogens with one attached hydrogen (secondary N) is 1. The lowest BCUT2D eigenvalue weighted by Gasteiger charge is -2.11. The lowest BCUT2D eigenvalue weighted by molar-refractivity contribution is 0.101. The molecule has 0 saturated carbocycles. The van der Waals surface area contributed by atoms with Crippen molar-refractivity contribution in [3.8, 4) is 11.4 Å². The van der Waals surface area contributed by atoms with Crippen LogP contribution in [0, 0.1) is 0 Å². The number of amides is 1. The summed E-state index contributed by atoms with van der Waals surface area (Å²) in [4.78, 5) is 12.8. The fourth-order valence-electron chi connectivity index (χ4n) is 2.55. The highest BCUT2D eigenvalue weighted by molar-refractivity contribution is 6.04. The maximum Gasteiger partial charge on any atom is 0.278 e. The molecule has 1 heterocycles. The minimum Gasteiger partial charge on any atom is -0.492 e. The summed E-state index contributed by atoms with van der Waals surface area (Å²) in [5.74, 6) is 0.235. The van der Waals surface area contributed by atoms with E-state index in [1.807, 2.05) is 49.4 Å². The van der Waals surface area contributed by atoms with Crippen LogP contribution in [0.2, 0.25) is 0 Å². The summed E-state index contributed by atoms with van der Waals surface area (Å²) < 4.78 is 12.4. The van der Waals surface area contributed by atoms with Crippen LogP contribution in [0.1, 0.15) is 23.1 Å². The van der Waals surface area contributed by atoms with E-state index in [4.69, 9.17) is 9.47 Å². The Balaban J connectivity index is 1.92. The van der Waals surface area contributed by atoms with E-state index in [-0.39, 0.29) is 18.2 Å². The van der Waals surface area contributed by atoms with Gasteiger partial charge in [0, 0.05) is 7.11 Å². The lowest BCUT2D eigenvalue weighted by atomic mass is 10.2. The van der Waals surface area contributed by atoms with Crippen LogP contribution < -0.4 is 10.1 Å². The summed E-state index contributed by atoms with van der Waals surface area (Å²) in [6.07, 6.45) is 0. The fourth-order valence-corrected chi connectivity index (χ4v) is 2.55. The van der Waals surface area contributed by atoms with Crippen molar-refractivity contribution in [1.82, 2.24) is 15.0 Å². The molecule has 0 aliphatic heterocycles. The maximum atomic E-state index is 12.8. The number of aromatic nitrogens is 3. The molecule has 7 heteroatoms. The number of anilines is 1. The summed E-state index contributed by atoms with van der Waals surface area (Å²) in [7, 11) is 1.56. The van der Waals surface area contributed by atoms with Gasteiger partial charge < -0.3 is 14.8 Å². The molecule has 26 heavy (non-hydrogen) atoms. The van der Waals surface area contributed by atoms with Crippen molar-refractivity contribution < 1.29 is 14.3 Å². The first kappa shape index (κ1) is 17.6. The first-order valence-corrected chi connectivity index (χ1v) is 8.26. The molecule has 1 aromatic heterocycles. The first-order chi connectivity index (χ1) is 12.7. The van der Waals surface area contributed by atoms with Gasteiger partial charge in [0.25, 0.3) is 5.91 Å². The minimum atomic E-state index is -0.369. The molecule has 0 unspecified atom stereocenters.